The minimum absolute atomic E-state index is 0.931. The van der Waals surface area contributed by atoms with Crippen LogP contribution in [0.4, 0.5) is 11.6 Å². The molecule has 2 aromatic heterocycles. The SMILES string of the molecule is CCn1cc(CN2CCCN(c3cc(N4CCCCC4)ncn3)CC2)cn1. The molecule has 7 heteroatoms. The first-order valence-corrected chi connectivity index (χ1v) is 10.4. The maximum atomic E-state index is 4.58. The molecule has 0 aliphatic carbocycles. The number of hydrogen-bond acceptors (Lipinski definition) is 6. The first kappa shape index (κ1) is 18.2. The topological polar surface area (TPSA) is 53.3 Å². The lowest BCUT2D eigenvalue weighted by atomic mass is 10.1. The Morgan fingerprint density at radius 2 is 1.59 bits per heavy atom. The van der Waals surface area contributed by atoms with Crippen LogP contribution in [-0.4, -0.2) is 63.9 Å². The van der Waals surface area contributed by atoms with E-state index in [0.29, 0.717) is 0 Å². The van der Waals surface area contributed by atoms with E-state index < -0.39 is 0 Å². The monoisotopic (exact) mass is 369 g/mol. The third kappa shape index (κ3) is 4.58. The highest BCUT2D eigenvalue weighted by atomic mass is 15.3. The zero-order valence-corrected chi connectivity index (χ0v) is 16.4. The van der Waals surface area contributed by atoms with E-state index in [1.54, 1.807) is 6.33 Å². The Kier molecular flexibility index (Phi) is 5.87. The van der Waals surface area contributed by atoms with E-state index in [1.165, 1.54) is 24.8 Å². The summed E-state index contributed by atoms with van der Waals surface area (Å²) >= 11 is 0. The van der Waals surface area contributed by atoms with Crippen molar-refractivity contribution in [2.45, 2.75) is 45.7 Å². The van der Waals surface area contributed by atoms with Gasteiger partial charge in [-0.2, -0.15) is 5.10 Å². The highest BCUT2D eigenvalue weighted by Gasteiger charge is 2.19. The van der Waals surface area contributed by atoms with E-state index in [-0.39, 0.29) is 0 Å². The molecule has 0 N–H and O–H groups in total. The van der Waals surface area contributed by atoms with Crippen LogP contribution in [0.15, 0.2) is 24.8 Å². The second kappa shape index (κ2) is 8.69. The van der Waals surface area contributed by atoms with Gasteiger partial charge in [0.25, 0.3) is 0 Å². The fourth-order valence-electron chi connectivity index (χ4n) is 4.08. The Hall–Kier alpha value is -2.15. The van der Waals surface area contributed by atoms with E-state index in [1.807, 2.05) is 10.9 Å². The molecule has 0 unspecified atom stereocenters. The van der Waals surface area contributed by atoms with Crippen LogP contribution in [0.5, 0.6) is 0 Å². The van der Waals surface area contributed by atoms with Gasteiger partial charge in [0.1, 0.15) is 18.0 Å². The van der Waals surface area contributed by atoms with Crippen molar-refractivity contribution in [3.8, 4) is 0 Å². The summed E-state index contributed by atoms with van der Waals surface area (Å²) in [6.07, 6.45) is 10.9. The smallest absolute Gasteiger partial charge is 0.134 e. The summed E-state index contributed by atoms with van der Waals surface area (Å²) in [5.74, 6) is 2.17. The number of aromatic nitrogens is 4. The molecule has 0 aromatic carbocycles. The molecular weight excluding hydrogens is 338 g/mol. The minimum atomic E-state index is 0.931. The van der Waals surface area contributed by atoms with E-state index in [9.17, 15) is 0 Å². The van der Waals surface area contributed by atoms with E-state index >= 15 is 0 Å². The van der Waals surface area contributed by atoms with Crippen LogP contribution in [0.3, 0.4) is 0 Å². The maximum Gasteiger partial charge on any atom is 0.134 e. The molecule has 2 fully saturated rings. The molecular formula is C20H31N7. The number of aryl methyl sites for hydroxylation is 1. The lowest BCUT2D eigenvalue weighted by Gasteiger charge is -2.29. The third-order valence-corrected chi connectivity index (χ3v) is 5.65. The predicted octanol–water partition coefficient (Wildman–Crippen LogP) is 2.40. The van der Waals surface area contributed by atoms with Gasteiger partial charge in [-0.05, 0) is 32.6 Å². The molecule has 2 saturated heterocycles. The van der Waals surface area contributed by atoms with Gasteiger partial charge < -0.3 is 9.80 Å². The number of nitrogens with zero attached hydrogens (tertiary/aromatic N) is 7. The van der Waals surface area contributed by atoms with Crippen LogP contribution in [-0.2, 0) is 13.1 Å². The van der Waals surface area contributed by atoms with Crippen LogP contribution >= 0.6 is 0 Å². The molecule has 0 atom stereocenters. The normalized spacial score (nSPS) is 19.3. The van der Waals surface area contributed by atoms with Crippen LogP contribution in [0.2, 0.25) is 0 Å². The molecule has 2 aromatic rings. The Morgan fingerprint density at radius 3 is 2.33 bits per heavy atom. The van der Waals surface area contributed by atoms with E-state index in [2.05, 4.69) is 49.0 Å². The van der Waals surface area contributed by atoms with Gasteiger partial charge in [0.2, 0.25) is 0 Å². The van der Waals surface area contributed by atoms with Crippen LogP contribution in [0.1, 0.15) is 38.2 Å². The summed E-state index contributed by atoms with van der Waals surface area (Å²) < 4.78 is 2.00. The Bertz CT molecular complexity index is 723. The second-order valence-electron chi connectivity index (χ2n) is 7.60. The summed E-state index contributed by atoms with van der Waals surface area (Å²) in [6.45, 7) is 10.5. The highest BCUT2D eigenvalue weighted by Crippen LogP contribution is 2.22. The molecule has 2 aliphatic rings. The van der Waals surface area contributed by atoms with Gasteiger partial charge in [-0.1, -0.05) is 0 Å². The summed E-state index contributed by atoms with van der Waals surface area (Å²) in [6, 6.07) is 2.19. The second-order valence-corrected chi connectivity index (χ2v) is 7.60. The largest absolute Gasteiger partial charge is 0.356 e. The van der Waals surface area contributed by atoms with Gasteiger partial charge in [-0.15, -0.1) is 0 Å². The molecule has 4 rings (SSSR count). The highest BCUT2D eigenvalue weighted by molar-refractivity contribution is 5.50. The van der Waals surface area contributed by atoms with Gasteiger partial charge in [0.05, 0.1) is 6.20 Å². The zero-order valence-electron chi connectivity index (χ0n) is 16.4. The standard InChI is InChI=1S/C20H31N7/c1-2-27-16-18(14-23-27)15-24-7-6-10-26(12-11-24)20-13-19(21-17-22-20)25-8-4-3-5-9-25/h13-14,16-17H,2-12,15H2,1H3. The van der Waals surface area contributed by atoms with Crippen molar-refractivity contribution < 1.29 is 0 Å². The van der Waals surface area contributed by atoms with E-state index in [0.717, 1.165) is 70.4 Å². The molecule has 2 aliphatic heterocycles. The number of anilines is 2. The molecule has 7 nitrogen and oxygen atoms in total. The Balaban J connectivity index is 1.37. The van der Waals surface area contributed by atoms with Gasteiger partial charge in [0, 0.05) is 70.2 Å². The minimum Gasteiger partial charge on any atom is -0.356 e. The van der Waals surface area contributed by atoms with E-state index in [4.69, 9.17) is 0 Å². The Labute approximate surface area is 162 Å². The van der Waals surface area contributed by atoms with Crippen molar-refractivity contribution in [1.29, 1.82) is 0 Å². The third-order valence-electron chi connectivity index (χ3n) is 5.65. The number of piperidine rings is 1. The molecule has 0 spiro atoms. The molecule has 0 saturated carbocycles. The van der Waals surface area contributed by atoms with Crippen LogP contribution in [0.25, 0.3) is 0 Å². The predicted molar refractivity (Wildman–Crippen MR) is 108 cm³/mol. The average Bonchev–Trinajstić information content (AvgIpc) is 3.05. The van der Waals surface area contributed by atoms with Crippen LogP contribution < -0.4 is 9.80 Å². The summed E-state index contributed by atoms with van der Waals surface area (Å²) in [5.41, 5.74) is 1.31. The summed E-state index contributed by atoms with van der Waals surface area (Å²) in [4.78, 5) is 16.5. The quantitative estimate of drug-likeness (QED) is 0.807. The molecule has 0 amide bonds. The summed E-state index contributed by atoms with van der Waals surface area (Å²) in [7, 11) is 0. The zero-order chi connectivity index (χ0) is 18.5. The van der Waals surface area contributed by atoms with Gasteiger partial charge in [-0.25, -0.2) is 9.97 Å². The van der Waals surface area contributed by atoms with Crippen molar-refractivity contribution in [2.24, 2.45) is 0 Å². The van der Waals surface area contributed by atoms with Gasteiger partial charge >= 0.3 is 0 Å². The fraction of sp³-hybridized carbons (Fsp3) is 0.650. The van der Waals surface area contributed by atoms with Crippen molar-refractivity contribution in [2.75, 3.05) is 49.1 Å². The number of rotatable bonds is 5. The lowest BCUT2D eigenvalue weighted by molar-refractivity contribution is 0.285. The average molecular weight is 370 g/mol. The van der Waals surface area contributed by atoms with Crippen molar-refractivity contribution in [3.05, 3.63) is 30.4 Å². The Morgan fingerprint density at radius 1 is 0.852 bits per heavy atom. The van der Waals surface area contributed by atoms with Crippen molar-refractivity contribution >= 4 is 11.6 Å². The van der Waals surface area contributed by atoms with Crippen LogP contribution in [0, 0.1) is 0 Å². The lowest BCUT2D eigenvalue weighted by Crippen LogP contribution is -2.32. The van der Waals surface area contributed by atoms with Gasteiger partial charge in [0.15, 0.2) is 0 Å². The number of hydrogen-bond donors (Lipinski definition) is 0. The molecule has 0 radical (unpaired) electrons. The first-order valence-electron chi connectivity index (χ1n) is 10.4. The van der Waals surface area contributed by atoms with Crippen molar-refractivity contribution in [3.63, 3.8) is 0 Å². The molecule has 146 valence electrons. The first-order chi connectivity index (χ1) is 13.3. The van der Waals surface area contributed by atoms with Crippen molar-refractivity contribution in [1.82, 2.24) is 24.6 Å². The molecule has 27 heavy (non-hydrogen) atoms. The maximum absolute atomic E-state index is 4.58. The molecule has 0 bridgehead atoms. The molecule has 4 heterocycles. The summed E-state index contributed by atoms with van der Waals surface area (Å²) in [5, 5.41) is 4.40. The van der Waals surface area contributed by atoms with Gasteiger partial charge in [-0.3, -0.25) is 9.58 Å². The fourth-order valence-corrected chi connectivity index (χ4v) is 4.08.